The number of esters is 1. The van der Waals surface area contributed by atoms with Crippen LogP contribution < -0.4 is 18.5 Å². The quantitative estimate of drug-likeness (QED) is 0.0621. The molecule has 1 atom stereocenters. The van der Waals surface area contributed by atoms with Gasteiger partial charge in [0.2, 0.25) is 10.0 Å². The third-order valence-electron chi connectivity index (χ3n) is 8.79. The van der Waals surface area contributed by atoms with Crippen LogP contribution in [0.15, 0.2) is 67.1 Å². The minimum absolute atomic E-state index is 0.0408. The van der Waals surface area contributed by atoms with E-state index in [0.29, 0.717) is 15.3 Å². The lowest BCUT2D eigenvalue weighted by Gasteiger charge is -2.23. The number of imide groups is 1. The maximum atomic E-state index is 13.6. The highest BCUT2D eigenvalue weighted by Crippen LogP contribution is 2.38. The SMILES string of the molecule is Cc1cccnc1CN(c1ccc2c(c1)C(=O)N(CC(=O)O[C@@H](Cc1c(Cl)c[n+]([O-])cc1Cl)c1ccc(OC(F)F)c(OCC3CC3)c1)C2=O)S(C)(=O)=O. The van der Waals surface area contributed by atoms with E-state index in [0.717, 1.165) is 41.4 Å². The number of nitrogens with zero attached hydrogens (tertiary/aromatic N) is 4. The number of fused-ring (bicyclic) bond motifs is 1. The van der Waals surface area contributed by atoms with E-state index in [4.69, 9.17) is 32.7 Å². The number of carbonyl (C=O) groups excluding carboxylic acids is 3. The Morgan fingerprint density at radius 3 is 2.41 bits per heavy atom. The van der Waals surface area contributed by atoms with Gasteiger partial charge in [-0.2, -0.15) is 13.5 Å². The molecule has 3 heterocycles. The van der Waals surface area contributed by atoms with E-state index in [1.165, 1.54) is 42.6 Å². The molecule has 0 spiro atoms. The predicted octanol–water partition coefficient (Wildman–Crippen LogP) is 5.81. The maximum absolute atomic E-state index is 13.6. The molecule has 2 aromatic carbocycles. The zero-order chi connectivity index (χ0) is 38.9. The highest BCUT2D eigenvalue weighted by Gasteiger charge is 2.39. The second-order valence-corrected chi connectivity index (χ2v) is 15.5. The van der Waals surface area contributed by atoms with Gasteiger partial charge >= 0.3 is 12.6 Å². The van der Waals surface area contributed by atoms with E-state index in [2.05, 4.69) is 9.72 Å². The Labute approximate surface area is 318 Å². The van der Waals surface area contributed by atoms with Crippen LogP contribution in [-0.2, 0) is 32.5 Å². The number of carbonyl (C=O) groups is 3. The average Bonchev–Trinajstić information content (AvgIpc) is 3.90. The van der Waals surface area contributed by atoms with Crippen molar-refractivity contribution in [1.29, 1.82) is 0 Å². The van der Waals surface area contributed by atoms with Gasteiger partial charge in [-0.3, -0.25) is 28.6 Å². The van der Waals surface area contributed by atoms with E-state index in [-0.39, 0.29) is 75.0 Å². The standard InChI is InChI=1S/C36H32Cl2F2N4O9S/c1-20-4-3-11-41-29(20)17-44(54(2,49)50)23-8-9-24-25(13-23)35(47)43(34(24)46)18-33(45)52-31(14-26-27(37)15-42(48)16-28(26)38)22-7-10-30(53-36(39)40)32(12-22)51-19-21-5-6-21/h3-4,7-13,15-16,21,31,36H,5-6,14,17-19H2,1-2H3/t31-/m0/s1. The summed E-state index contributed by atoms with van der Waals surface area (Å²) in [5, 5.41) is 11.8. The maximum Gasteiger partial charge on any atom is 0.387 e. The third kappa shape index (κ3) is 8.83. The number of hydrogen-bond acceptors (Lipinski definition) is 10. The summed E-state index contributed by atoms with van der Waals surface area (Å²) < 4.78 is 69.9. The van der Waals surface area contributed by atoms with Gasteiger partial charge in [-0.05, 0) is 73.2 Å². The van der Waals surface area contributed by atoms with Crippen molar-refractivity contribution in [3.63, 3.8) is 0 Å². The fourth-order valence-electron chi connectivity index (χ4n) is 5.78. The molecular weight excluding hydrogens is 773 g/mol. The molecule has 2 aliphatic rings. The zero-order valence-corrected chi connectivity index (χ0v) is 31.0. The number of anilines is 1. The molecule has 4 aromatic rings. The summed E-state index contributed by atoms with van der Waals surface area (Å²) >= 11 is 12.7. The van der Waals surface area contributed by atoms with E-state index >= 15 is 0 Å². The topological polar surface area (TPSA) is 159 Å². The van der Waals surface area contributed by atoms with Crippen LogP contribution in [0.2, 0.25) is 10.0 Å². The smallest absolute Gasteiger partial charge is 0.387 e. The van der Waals surface area contributed by atoms with Crippen molar-refractivity contribution in [2.45, 2.75) is 45.4 Å². The number of alkyl halides is 2. The number of amides is 2. The van der Waals surface area contributed by atoms with E-state index in [9.17, 15) is 36.8 Å². The molecule has 2 amide bonds. The summed E-state index contributed by atoms with van der Waals surface area (Å²) in [6.45, 7) is -2.13. The molecule has 1 aliphatic carbocycles. The number of rotatable bonds is 15. The third-order valence-corrected chi connectivity index (χ3v) is 10.6. The number of benzene rings is 2. The average molecular weight is 806 g/mol. The molecule has 284 valence electrons. The van der Waals surface area contributed by atoms with Crippen molar-refractivity contribution in [2.75, 3.05) is 23.7 Å². The Morgan fingerprint density at radius 1 is 1.06 bits per heavy atom. The first kappa shape index (κ1) is 38.7. The first-order valence-electron chi connectivity index (χ1n) is 16.4. The first-order chi connectivity index (χ1) is 25.6. The Balaban J connectivity index is 1.26. The first-order valence-corrected chi connectivity index (χ1v) is 19.1. The van der Waals surface area contributed by atoms with Crippen molar-refractivity contribution in [1.82, 2.24) is 9.88 Å². The zero-order valence-electron chi connectivity index (χ0n) is 28.7. The number of pyridine rings is 2. The van der Waals surface area contributed by atoms with Crippen LogP contribution >= 0.6 is 23.2 Å². The lowest BCUT2D eigenvalue weighted by atomic mass is 10.0. The molecule has 0 N–H and O–H groups in total. The summed E-state index contributed by atoms with van der Waals surface area (Å²) in [7, 11) is -3.89. The second kappa shape index (κ2) is 15.7. The molecule has 6 rings (SSSR count). The van der Waals surface area contributed by atoms with Crippen molar-refractivity contribution in [2.24, 2.45) is 5.92 Å². The minimum Gasteiger partial charge on any atom is -0.619 e. The Morgan fingerprint density at radius 2 is 1.76 bits per heavy atom. The highest BCUT2D eigenvalue weighted by molar-refractivity contribution is 7.92. The molecule has 0 radical (unpaired) electrons. The normalized spacial score (nSPS) is 14.6. The Bertz CT molecular complexity index is 2220. The van der Waals surface area contributed by atoms with Crippen LogP contribution in [0.1, 0.15) is 62.0 Å². The van der Waals surface area contributed by atoms with Gasteiger partial charge in [-0.1, -0.05) is 35.3 Å². The van der Waals surface area contributed by atoms with Crippen molar-refractivity contribution >= 4 is 56.7 Å². The second-order valence-electron chi connectivity index (χ2n) is 12.8. The van der Waals surface area contributed by atoms with Gasteiger partial charge in [0, 0.05) is 18.2 Å². The van der Waals surface area contributed by atoms with Gasteiger partial charge in [-0.25, -0.2) is 8.42 Å². The van der Waals surface area contributed by atoms with Crippen molar-refractivity contribution in [3.8, 4) is 11.5 Å². The summed E-state index contributed by atoms with van der Waals surface area (Å²) in [6, 6.07) is 11.4. The molecule has 54 heavy (non-hydrogen) atoms. The highest BCUT2D eigenvalue weighted by atomic mass is 35.5. The summed E-state index contributed by atoms with van der Waals surface area (Å²) in [5.74, 6) is -2.78. The molecule has 1 fully saturated rings. The van der Waals surface area contributed by atoms with Gasteiger partial charge in [0.15, 0.2) is 23.9 Å². The number of aryl methyl sites for hydroxylation is 1. The van der Waals surface area contributed by atoms with Crippen LogP contribution in [0.4, 0.5) is 14.5 Å². The monoisotopic (exact) mass is 804 g/mol. The van der Waals surface area contributed by atoms with Gasteiger partial charge in [0.25, 0.3) is 11.8 Å². The van der Waals surface area contributed by atoms with Crippen LogP contribution in [-0.4, -0.2) is 62.1 Å². The largest absolute Gasteiger partial charge is 0.619 e. The molecule has 0 saturated heterocycles. The summed E-state index contributed by atoms with van der Waals surface area (Å²) in [4.78, 5) is 45.5. The van der Waals surface area contributed by atoms with E-state index in [1.807, 2.05) is 0 Å². The minimum atomic E-state index is -3.89. The number of halogens is 4. The molecule has 13 nitrogen and oxygen atoms in total. The molecule has 0 unspecified atom stereocenters. The molecule has 0 bridgehead atoms. The van der Waals surface area contributed by atoms with E-state index < -0.39 is 47.1 Å². The van der Waals surface area contributed by atoms with Gasteiger partial charge in [0.1, 0.15) is 22.7 Å². The number of ether oxygens (including phenoxy) is 3. The summed E-state index contributed by atoms with van der Waals surface area (Å²) in [5.41, 5.74) is 1.58. The number of sulfonamides is 1. The molecule has 1 aliphatic heterocycles. The molecule has 2 aromatic heterocycles. The van der Waals surface area contributed by atoms with Gasteiger partial charge in [0.05, 0.1) is 41.9 Å². The van der Waals surface area contributed by atoms with Crippen molar-refractivity contribution < 1.29 is 50.5 Å². The Kier molecular flexibility index (Phi) is 11.3. The summed E-state index contributed by atoms with van der Waals surface area (Å²) in [6.07, 6.45) is 4.97. The molecule has 1 saturated carbocycles. The number of aromatic nitrogens is 2. The Hall–Kier alpha value is -5.06. The van der Waals surface area contributed by atoms with Gasteiger partial charge in [-0.15, -0.1) is 0 Å². The van der Waals surface area contributed by atoms with E-state index in [1.54, 1.807) is 19.1 Å². The predicted molar refractivity (Wildman–Crippen MR) is 191 cm³/mol. The fourth-order valence-corrected chi connectivity index (χ4v) is 7.24. The van der Waals surface area contributed by atoms with Crippen molar-refractivity contribution in [3.05, 3.63) is 116 Å². The van der Waals surface area contributed by atoms with Gasteiger partial charge < -0.3 is 19.4 Å². The number of hydrogen-bond donors (Lipinski definition) is 0. The fraction of sp³-hybridized carbons (Fsp3) is 0.306. The molecule has 18 heteroatoms. The molecular formula is C36H32Cl2F2N4O9S. The lowest BCUT2D eigenvalue weighted by molar-refractivity contribution is -0.605. The van der Waals surface area contributed by atoms with Crippen LogP contribution in [0.5, 0.6) is 11.5 Å². The van der Waals surface area contributed by atoms with Crippen LogP contribution in [0.3, 0.4) is 0 Å². The van der Waals surface area contributed by atoms with Crippen LogP contribution in [0, 0.1) is 18.0 Å². The van der Waals surface area contributed by atoms with Crippen LogP contribution in [0.25, 0.3) is 0 Å². The lowest BCUT2D eigenvalue weighted by Crippen LogP contribution is -2.36.